The van der Waals surface area contributed by atoms with Crippen molar-refractivity contribution >= 4 is 35.0 Å². The van der Waals surface area contributed by atoms with Crippen molar-refractivity contribution in [2.24, 2.45) is 0 Å². The number of aromatic nitrogens is 3. The molecule has 1 aliphatic rings. The molecule has 0 unspecified atom stereocenters. The summed E-state index contributed by atoms with van der Waals surface area (Å²) in [5, 5.41) is 12.2. The highest BCUT2D eigenvalue weighted by Crippen LogP contribution is 2.32. The van der Waals surface area contributed by atoms with Crippen LogP contribution in [0, 0.1) is 6.92 Å². The van der Waals surface area contributed by atoms with E-state index in [4.69, 9.17) is 4.74 Å². The van der Waals surface area contributed by atoms with Gasteiger partial charge in [-0.3, -0.25) is 9.36 Å². The number of carbonyl (C=O) groups excluding carboxylic acids is 1. The number of nitrogens with zero attached hydrogens (tertiary/aromatic N) is 4. The summed E-state index contributed by atoms with van der Waals surface area (Å²) in [5.74, 6) is 1.59. The van der Waals surface area contributed by atoms with Crippen LogP contribution in [0.1, 0.15) is 5.56 Å². The number of carbonyl (C=O) groups is 1. The van der Waals surface area contributed by atoms with Crippen molar-refractivity contribution in [2.45, 2.75) is 18.6 Å². The first-order chi connectivity index (χ1) is 13.7. The molecule has 28 heavy (non-hydrogen) atoms. The lowest BCUT2D eigenvalue weighted by molar-refractivity contribution is -0.113. The number of para-hydroxylation sites is 2. The Morgan fingerprint density at radius 2 is 1.93 bits per heavy atom. The van der Waals surface area contributed by atoms with E-state index >= 15 is 0 Å². The zero-order chi connectivity index (χ0) is 19.5. The molecule has 3 aromatic rings. The van der Waals surface area contributed by atoms with Crippen LogP contribution in [0.15, 0.2) is 53.7 Å². The highest BCUT2D eigenvalue weighted by atomic mass is 32.2. The number of aryl methyl sites for hydroxylation is 1. The Bertz CT molecular complexity index is 987. The maximum absolute atomic E-state index is 12.3. The maximum atomic E-state index is 12.3. The van der Waals surface area contributed by atoms with Crippen molar-refractivity contribution in [2.75, 3.05) is 29.6 Å². The van der Waals surface area contributed by atoms with E-state index in [2.05, 4.69) is 56.2 Å². The first-order valence-corrected chi connectivity index (χ1v) is 9.97. The first kappa shape index (κ1) is 18.4. The summed E-state index contributed by atoms with van der Waals surface area (Å²) < 4.78 is 7.32. The van der Waals surface area contributed by atoms with Gasteiger partial charge >= 0.3 is 0 Å². The van der Waals surface area contributed by atoms with Gasteiger partial charge in [0.25, 0.3) is 0 Å². The molecular formula is C20H21N5O2S. The van der Waals surface area contributed by atoms with Crippen molar-refractivity contribution in [3.05, 3.63) is 54.1 Å². The van der Waals surface area contributed by atoms with Crippen LogP contribution >= 0.6 is 11.8 Å². The van der Waals surface area contributed by atoms with Crippen molar-refractivity contribution in [3.63, 3.8) is 0 Å². The number of methoxy groups -OCH3 is 1. The second-order valence-corrected chi connectivity index (χ2v) is 7.40. The van der Waals surface area contributed by atoms with E-state index < -0.39 is 0 Å². The van der Waals surface area contributed by atoms with E-state index in [0.29, 0.717) is 11.4 Å². The summed E-state index contributed by atoms with van der Waals surface area (Å²) in [5.41, 5.74) is 2.98. The molecule has 0 saturated heterocycles. The zero-order valence-corrected chi connectivity index (χ0v) is 16.6. The van der Waals surface area contributed by atoms with Crippen LogP contribution in [-0.4, -0.2) is 40.1 Å². The Balaban J connectivity index is 1.41. The molecule has 4 rings (SSSR count). The number of hydrogen-bond donors (Lipinski definition) is 1. The molecular weight excluding hydrogens is 374 g/mol. The van der Waals surface area contributed by atoms with E-state index in [1.54, 1.807) is 7.11 Å². The van der Waals surface area contributed by atoms with Crippen molar-refractivity contribution < 1.29 is 9.53 Å². The minimum absolute atomic E-state index is 0.111. The minimum atomic E-state index is -0.111. The molecule has 0 bridgehead atoms. The second kappa shape index (κ2) is 7.93. The van der Waals surface area contributed by atoms with Crippen LogP contribution in [0.4, 0.5) is 17.3 Å². The number of thioether (sulfide) groups is 1. The van der Waals surface area contributed by atoms with Gasteiger partial charge in [0.2, 0.25) is 11.9 Å². The third-order valence-corrected chi connectivity index (χ3v) is 5.51. The van der Waals surface area contributed by atoms with Gasteiger partial charge in [-0.2, -0.15) is 0 Å². The quantitative estimate of drug-likeness (QED) is 0.645. The molecule has 0 spiro atoms. The van der Waals surface area contributed by atoms with Gasteiger partial charge in [0.05, 0.1) is 18.6 Å². The van der Waals surface area contributed by atoms with Crippen LogP contribution in [0.25, 0.3) is 0 Å². The normalized spacial score (nSPS) is 12.7. The molecule has 0 aliphatic carbocycles. The smallest absolute Gasteiger partial charge is 0.234 e. The fourth-order valence-electron chi connectivity index (χ4n) is 3.12. The monoisotopic (exact) mass is 395 g/mol. The van der Waals surface area contributed by atoms with Crippen LogP contribution in [0.5, 0.6) is 5.75 Å². The summed E-state index contributed by atoms with van der Waals surface area (Å²) in [7, 11) is 1.58. The summed E-state index contributed by atoms with van der Waals surface area (Å²) in [6, 6.07) is 15.7. The zero-order valence-electron chi connectivity index (χ0n) is 15.8. The van der Waals surface area contributed by atoms with Gasteiger partial charge in [0.15, 0.2) is 5.16 Å². The molecule has 1 aliphatic heterocycles. The lowest BCUT2D eigenvalue weighted by Gasteiger charge is -2.15. The highest BCUT2D eigenvalue weighted by molar-refractivity contribution is 7.99. The predicted octanol–water partition coefficient (Wildman–Crippen LogP) is 3.48. The summed E-state index contributed by atoms with van der Waals surface area (Å²) in [4.78, 5) is 14.5. The number of anilines is 3. The van der Waals surface area contributed by atoms with E-state index in [1.807, 2.05) is 24.3 Å². The van der Waals surface area contributed by atoms with Gasteiger partial charge < -0.3 is 15.0 Å². The lowest BCUT2D eigenvalue weighted by Crippen LogP contribution is -2.15. The number of rotatable bonds is 6. The van der Waals surface area contributed by atoms with Crippen molar-refractivity contribution in [1.29, 1.82) is 0 Å². The van der Waals surface area contributed by atoms with Crippen molar-refractivity contribution in [3.8, 4) is 5.75 Å². The Morgan fingerprint density at radius 3 is 2.71 bits per heavy atom. The van der Waals surface area contributed by atoms with Gasteiger partial charge in [-0.05, 0) is 31.2 Å². The van der Waals surface area contributed by atoms with Gasteiger partial charge in [0, 0.05) is 18.8 Å². The van der Waals surface area contributed by atoms with Crippen LogP contribution in [-0.2, 0) is 11.3 Å². The summed E-state index contributed by atoms with van der Waals surface area (Å²) in [6.45, 7) is 3.71. The number of nitrogens with one attached hydrogen (secondary N) is 1. The van der Waals surface area contributed by atoms with Crippen molar-refractivity contribution in [1.82, 2.24) is 14.8 Å². The third-order valence-electron chi connectivity index (χ3n) is 4.55. The van der Waals surface area contributed by atoms with Crippen LogP contribution in [0.3, 0.4) is 0 Å². The molecule has 1 amide bonds. The van der Waals surface area contributed by atoms with E-state index in [0.717, 1.165) is 29.9 Å². The first-order valence-electron chi connectivity index (χ1n) is 8.99. The van der Waals surface area contributed by atoms with Gasteiger partial charge in [-0.15, -0.1) is 10.2 Å². The van der Waals surface area contributed by atoms with E-state index in [-0.39, 0.29) is 11.7 Å². The average molecular weight is 395 g/mol. The maximum Gasteiger partial charge on any atom is 0.234 e. The van der Waals surface area contributed by atoms with E-state index in [1.165, 1.54) is 17.3 Å². The minimum Gasteiger partial charge on any atom is -0.495 e. The number of benzene rings is 2. The average Bonchev–Trinajstić information content (AvgIpc) is 3.30. The number of ether oxygens (including phenoxy) is 1. The van der Waals surface area contributed by atoms with E-state index in [9.17, 15) is 4.79 Å². The predicted molar refractivity (Wildman–Crippen MR) is 111 cm³/mol. The second-order valence-electron chi connectivity index (χ2n) is 6.46. The largest absolute Gasteiger partial charge is 0.495 e. The number of fused-ring (bicyclic) bond motifs is 1. The van der Waals surface area contributed by atoms with Crippen LogP contribution < -0.4 is 15.0 Å². The fourth-order valence-corrected chi connectivity index (χ4v) is 3.88. The fraction of sp³-hybridized carbons (Fsp3) is 0.250. The third kappa shape index (κ3) is 3.68. The molecule has 144 valence electrons. The molecule has 2 aromatic carbocycles. The summed E-state index contributed by atoms with van der Waals surface area (Å²) in [6.07, 6.45) is 0. The Morgan fingerprint density at radius 1 is 1.14 bits per heavy atom. The molecule has 0 fully saturated rings. The summed E-state index contributed by atoms with van der Waals surface area (Å²) >= 11 is 1.38. The lowest BCUT2D eigenvalue weighted by atomic mass is 10.2. The van der Waals surface area contributed by atoms with Gasteiger partial charge in [-0.25, -0.2) is 0 Å². The Labute approximate surface area is 167 Å². The molecule has 0 radical (unpaired) electrons. The van der Waals surface area contributed by atoms with Crippen LogP contribution in [0.2, 0.25) is 0 Å². The molecule has 2 heterocycles. The number of amides is 1. The molecule has 0 saturated carbocycles. The molecule has 7 nitrogen and oxygen atoms in total. The highest BCUT2D eigenvalue weighted by Gasteiger charge is 2.26. The Kier molecular flexibility index (Phi) is 5.21. The van der Waals surface area contributed by atoms with Gasteiger partial charge in [-0.1, -0.05) is 41.6 Å². The topological polar surface area (TPSA) is 72.3 Å². The molecule has 0 atom stereocenters. The molecule has 1 N–H and O–H groups in total. The Hall–Kier alpha value is -3.00. The van der Waals surface area contributed by atoms with Gasteiger partial charge in [0.1, 0.15) is 5.75 Å². The number of hydrogen-bond acceptors (Lipinski definition) is 6. The standard InChI is InChI=1S/C20H21N5O2S/c1-14-7-9-15(10-8-14)24-11-12-25-19(24)22-23-20(25)28-13-18(26)21-16-5-3-4-6-17(16)27-2/h3-10H,11-13H2,1-2H3,(H,21,26). The SMILES string of the molecule is COc1ccccc1NC(=O)CSc1nnc2n1CCN2c1ccc(C)cc1. The molecule has 8 heteroatoms. The molecule has 1 aromatic heterocycles.